The number of Topliss-reactive ketones (excluding diaryl/α,β-unsaturated/α-hetero) is 1. The lowest BCUT2D eigenvalue weighted by molar-refractivity contribution is -0.140. The van der Waals surface area contributed by atoms with Gasteiger partial charge in [-0.2, -0.15) is 0 Å². The summed E-state index contributed by atoms with van der Waals surface area (Å²) in [5.74, 6) is -1.45. The summed E-state index contributed by atoms with van der Waals surface area (Å²) in [7, 11) is 1.55. The molecule has 0 aromatic heterocycles. The molecule has 1 N–H and O–H groups in total. The van der Waals surface area contributed by atoms with Crippen LogP contribution < -0.4 is 0 Å². The third kappa shape index (κ3) is 3.62. The topological polar surface area (TPSA) is 66.8 Å². The van der Waals surface area contributed by atoms with Crippen LogP contribution in [0.1, 0.15) is 28.3 Å². The number of rotatable bonds is 5. The molecule has 0 spiro atoms. The number of aliphatic hydroxyl groups excluding tert-OH is 1. The number of hydrogen-bond donors (Lipinski definition) is 1. The highest BCUT2D eigenvalue weighted by atomic mass is 16.5. The molecule has 3 aromatic carbocycles. The Morgan fingerprint density at radius 3 is 2.48 bits per heavy atom. The lowest BCUT2D eigenvalue weighted by Crippen LogP contribution is -2.32. The highest BCUT2D eigenvalue weighted by molar-refractivity contribution is 6.46. The van der Waals surface area contributed by atoms with Crippen LogP contribution in [-0.2, 0) is 14.3 Å². The Balaban J connectivity index is 1.96. The van der Waals surface area contributed by atoms with E-state index in [4.69, 9.17) is 4.74 Å². The Morgan fingerprint density at radius 2 is 1.74 bits per heavy atom. The van der Waals surface area contributed by atoms with E-state index >= 15 is 0 Å². The van der Waals surface area contributed by atoms with Crippen LogP contribution in [0, 0.1) is 13.8 Å². The van der Waals surface area contributed by atoms with Gasteiger partial charge >= 0.3 is 0 Å². The fraction of sp³-hybridized carbons (Fsp3) is 0.231. The fourth-order valence-electron chi connectivity index (χ4n) is 4.16. The van der Waals surface area contributed by atoms with Gasteiger partial charge in [-0.15, -0.1) is 0 Å². The first-order valence-electron chi connectivity index (χ1n) is 10.3. The molecule has 1 atom stereocenters. The standard InChI is InChI=1S/C26H25NO4/c1-16-11-12-19(15-17(16)2)24(28)22-23(27(13-14-31-3)26(30)25(22)29)21-10-6-8-18-7-4-5-9-20(18)21/h4-12,15,23,28H,13-14H2,1-3H3/b24-22-. The van der Waals surface area contributed by atoms with Gasteiger partial charge < -0.3 is 14.7 Å². The van der Waals surface area contributed by atoms with Crippen molar-refractivity contribution in [2.24, 2.45) is 0 Å². The number of aliphatic hydroxyl groups is 1. The zero-order valence-electron chi connectivity index (χ0n) is 17.9. The van der Waals surface area contributed by atoms with Crippen molar-refractivity contribution in [3.8, 4) is 0 Å². The molecule has 31 heavy (non-hydrogen) atoms. The molecule has 1 aliphatic heterocycles. The molecule has 5 nitrogen and oxygen atoms in total. The van der Waals surface area contributed by atoms with Crippen LogP contribution in [0.25, 0.3) is 16.5 Å². The second kappa shape index (κ2) is 8.36. The zero-order chi connectivity index (χ0) is 22.1. The minimum Gasteiger partial charge on any atom is -0.507 e. The van der Waals surface area contributed by atoms with Crippen molar-refractivity contribution in [3.63, 3.8) is 0 Å². The highest BCUT2D eigenvalue weighted by Gasteiger charge is 2.46. The van der Waals surface area contributed by atoms with E-state index in [0.717, 1.165) is 27.5 Å². The maximum atomic E-state index is 13.1. The number of fused-ring (bicyclic) bond motifs is 1. The van der Waals surface area contributed by atoms with Gasteiger partial charge in [-0.05, 0) is 47.4 Å². The number of methoxy groups -OCH3 is 1. The number of benzene rings is 3. The van der Waals surface area contributed by atoms with Crippen molar-refractivity contribution in [2.75, 3.05) is 20.3 Å². The average molecular weight is 415 g/mol. The molecule has 158 valence electrons. The van der Waals surface area contributed by atoms with Crippen molar-refractivity contribution in [1.29, 1.82) is 0 Å². The number of aryl methyl sites for hydroxylation is 2. The Labute approximate surface area is 181 Å². The number of carbonyl (C=O) groups excluding carboxylic acids is 2. The van der Waals surface area contributed by atoms with Gasteiger partial charge in [0.1, 0.15) is 5.76 Å². The molecule has 0 saturated carbocycles. The number of hydrogen-bond acceptors (Lipinski definition) is 4. The summed E-state index contributed by atoms with van der Waals surface area (Å²) in [6.45, 7) is 4.47. The van der Waals surface area contributed by atoms with Gasteiger partial charge in [-0.1, -0.05) is 54.6 Å². The molecule has 0 bridgehead atoms. The first-order chi connectivity index (χ1) is 14.9. The Hall–Kier alpha value is -3.44. The molecule has 5 heteroatoms. The van der Waals surface area contributed by atoms with Crippen LogP contribution in [0.5, 0.6) is 0 Å². The molecule has 0 aliphatic carbocycles. The van der Waals surface area contributed by atoms with Gasteiger partial charge in [-0.25, -0.2) is 0 Å². The Kier molecular flexibility index (Phi) is 5.61. The van der Waals surface area contributed by atoms with E-state index in [0.29, 0.717) is 5.56 Å². The van der Waals surface area contributed by atoms with E-state index in [1.807, 2.05) is 68.4 Å². The summed E-state index contributed by atoms with van der Waals surface area (Å²) in [5.41, 5.74) is 3.53. The van der Waals surface area contributed by atoms with Crippen LogP contribution in [0.15, 0.2) is 66.2 Å². The van der Waals surface area contributed by atoms with Crippen LogP contribution in [-0.4, -0.2) is 42.0 Å². The van der Waals surface area contributed by atoms with Gasteiger partial charge in [-0.3, -0.25) is 9.59 Å². The van der Waals surface area contributed by atoms with Crippen molar-refractivity contribution in [2.45, 2.75) is 19.9 Å². The Bertz CT molecular complexity index is 1210. The lowest BCUT2D eigenvalue weighted by Gasteiger charge is -2.26. The van der Waals surface area contributed by atoms with Crippen molar-refractivity contribution >= 4 is 28.2 Å². The third-order valence-electron chi connectivity index (χ3n) is 5.97. The molecule has 1 unspecified atom stereocenters. The van der Waals surface area contributed by atoms with Gasteiger partial charge in [0.2, 0.25) is 0 Å². The van der Waals surface area contributed by atoms with Gasteiger partial charge in [0.15, 0.2) is 0 Å². The van der Waals surface area contributed by atoms with E-state index < -0.39 is 17.7 Å². The quantitative estimate of drug-likeness (QED) is 0.378. The minimum absolute atomic E-state index is 0.112. The van der Waals surface area contributed by atoms with Crippen molar-refractivity contribution in [3.05, 3.63) is 88.5 Å². The van der Waals surface area contributed by atoms with Gasteiger partial charge in [0, 0.05) is 19.2 Å². The molecule has 1 aliphatic rings. The summed E-state index contributed by atoms with van der Waals surface area (Å²) in [6.07, 6.45) is 0. The smallest absolute Gasteiger partial charge is 0.295 e. The molecule has 1 heterocycles. The maximum Gasteiger partial charge on any atom is 0.295 e. The first-order valence-corrected chi connectivity index (χ1v) is 10.3. The SMILES string of the molecule is COCCN1C(=O)C(=O)/C(=C(\O)c2ccc(C)c(C)c2)C1c1cccc2ccccc12. The monoisotopic (exact) mass is 415 g/mol. The molecule has 1 fully saturated rings. The van der Waals surface area contributed by atoms with Crippen molar-refractivity contribution < 1.29 is 19.4 Å². The lowest BCUT2D eigenvalue weighted by atomic mass is 9.91. The van der Waals surface area contributed by atoms with E-state index in [-0.39, 0.29) is 24.5 Å². The second-order valence-corrected chi connectivity index (χ2v) is 7.85. The zero-order valence-corrected chi connectivity index (χ0v) is 17.9. The van der Waals surface area contributed by atoms with E-state index in [2.05, 4.69) is 0 Å². The van der Waals surface area contributed by atoms with Crippen LogP contribution in [0.4, 0.5) is 0 Å². The number of carbonyl (C=O) groups is 2. The molecular weight excluding hydrogens is 390 g/mol. The normalized spacial score (nSPS) is 18.2. The highest BCUT2D eigenvalue weighted by Crippen LogP contribution is 2.41. The first kappa shape index (κ1) is 20.8. The largest absolute Gasteiger partial charge is 0.507 e. The van der Waals surface area contributed by atoms with Crippen LogP contribution in [0.2, 0.25) is 0 Å². The van der Waals surface area contributed by atoms with Crippen molar-refractivity contribution in [1.82, 2.24) is 4.90 Å². The predicted molar refractivity (Wildman–Crippen MR) is 121 cm³/mol. The summed E-state index contributed by atoms with van der Waals surface area (Å²) < 4.78 is 5.18. The number of nitrogens with zero attached hydrogens (tertiary/aromatic N) is 1. The molecule has 1 saturated heterocycles. The van der Waals surface area contributed by atoms with E-state index in [1.54, 1.807) is 13.2 Å². The number of amides is 1. The van der Waals surface area contributed by atoms with Crippen LogP contribution in [0.3, 0.4) is 0 Å². The number of ether oxygens (including phenoxy) is 1. The molecule has 0 radical (unpaired) electrons. The average Bonchev–Trinajstić information content (AvgIpc) is 3.03. The van der Waals surface area contributed by atoms with Gasteiger partial charge in [0.05, 0.1) is 18.2 Å². The minimum atomic E-state index is -0.692. The van der Waals surface area contributed by atoms with E-state index in [1.165, 1.54) is 4.90 Å². The molecule has 3 aromatic rings. The molecular formula is C26H25NO4. The third-order valence-corrected chi connectivity index (χ3v) is 5.97. The summed E-state index contributed by atoms with van der Waals surface area (Å²) >= 11 is 0. The number of ketones is 1. The molecule has 1 amide bonds. The summed E-state index contributed by atoms with van der Waals surface area (Å²) in [6, 6.07) is 18.5. The van der Waals surface area contributed by atoms with Crippen LogP contribution >= 0.6 is 0 Å². The summed E-state index contributed by atoms with van der Waals surface area (Å²) in [4.78, 5) is 27.6. The predicted octanol–water partition coefficient (Wildman–Crippen LogP) is 4.52. The second-order valence-electron chi connectivity index (χ2n) is 7.85. The Morgan fingerprint density at radius 1 is 1.00 bits per heavy atom. The fourth-order valence-corrected chi connectivity index (χ4v) is 4.16. The molecule has 4 rings (SSSR count). The summed E-state index contributed by atoms with van der Waals surface area (Å²) in [5, 5.41) is 13.2. The maximum absolute atomic E-state index is 13.1. The number of likely N-dealkylation sites (tertiary alicyclic amines) is 1. The van der Waals surface area contributed by atoms with E-state index in [9.17, 15) is 14.7 Å². The van der Waals surface area contributed by atoms with Gasteiger partial charge in [0.25, 0.3) is 11.7 Å².